The number of rotatable bonds is 4. The average molecular weight is 371 g/mol. The topological polar surface area (TPSA) is 66.9 Å². The Morgan fingerprint density at radius 1 is 1.04 bits per heavy atom. The maximum atomic E-state index is 13.0. The molecule has 1 amide bonds. The molecule has 0 unspecified atom stereocenters. The molecule has 0 saturated heterocycles. The van der Waals surface area contributed by atoms with Crippen molar-refractivity contribution in [2.75, 3.05) is 10.6 Å². The summed E-state index contributed by atoms with van der Waals surface area (Å²) < 4.78 is 13.0. The molecule has 26 heavy (non-hydrogen) atoms. The van der Waals surface area contributed by atoms with E-state index < -0.39 is 5.91 Å². The molecule has 1 heterocycles. The van der Waals surface area contributed by atoms with Crippen LogP contribution in [0.15, 0.2) is 48.5 Å². The lowest BCUT2D eigenvalue weighted by Gasteiger charge is -2.11. The number of anilines is 3. The van der Waals surface area contributed by atoms with Gasteiger partial charge in [0.2, 0.25) is 0 Å². The number of nitrogens with one attached hydrogen (secondary N) is 2. The van der Waals surface area contributed by atoms with Crippen LogP contribution in [-0.4, -0.2) is 15.9 Å². The summed E-state index contributed by atoms with van der Waals surface area (Å²) in [5.74, 6) is 0.142. The first-order chi connectivity index (χ1) is 12.4. The Labute approximate surface area is 155 Å². The second-order valence-corrected chi connectivity index (χ2v) is 6.17. The molecule has 0 fully saturated rings. The van der Waals surface area contributed by atoms with Crippen LogP contribution in [0.3, 0.4) is 0 Å². The number of nitrogens with zero attached hydrogens (tertiary/aromatic N) is 2. The van der Waals surface area contributed by atoms with E-state index in [9.17, 15) is 9.18 Å². The smallest absolute Gasteiger partial charge is 0.274 e. The van der Waals surface area contributed by atoms with Crippen LogP contribution in [0.25, 0.3) is 0 Å². The van der Waals surface area contributed by atoms with Crippen molar-refractivity contribution in [3.8, 4) is 0 Å². The fourth-order valence-electron chi connectivity index (χ4n) is 2.34. The van der Waals surface area contributed by atoms with Gasteiger partial charge in [-0.3, -0.25) is 4.79 Å². The lowest BCUT2D eigenvalue weighted by molar-refractivity contribution is 0.102. The molecule has 0 aliphatic heterocycles. The third-order valence-electron chi connectivity index (χ3n) is 3.64. The number of amides is 1. The molecule has 2 aromatic carbocycles. The Hall–Kier alpha value is -2.99. The van der Waals surface area contributed by atoms with Crippen molar-refractivity contribution in [1.82, 2.24) is 9.97 Å². The Morgan fingerprint density at radius 2 is 1.77 bits per heavy atom. The van der Waals surface area contributed by atoms with Gasteiger partial charge < -0.3 is 10.6 Å². The fourth-order valence-corrected chi connectivity index (χ4v) is 2.52. The predicted molar refractivity (Wildman–Crippen MR) is 101 cm³/mol. The first-order valence-electron chi connectivity index (χ1n) is 7.86. The summed E-state index contributed by atoms with van der Waals surface area (Å²) in [7, 11) is 0. The number of benzene rings is 2. The van der Waals surface area contributed by atoms with Gasteiger partial charge in [-0.25, -0.2) is 14.4 Å². The van der Waals surface area contributed by atoms with Gasteiger partial charge in [0.15, 0.2) is 0 Å². The van der Waals surface area contributed by atoms with Gasteiger partial charge >= 0.3 is 0 Å². The Balaban J connectivity index is 1.83. The zero-order valence-corrected chi connectivity index (χ0v) is 14.9. The minimum atomic E-state index is -0.409. The van der Waals surface area contributed by atoms with Gasteiger partial charge in [-0.15, -0.1) is 0 Å². The van der Waals surface area contributed by atoms with Crippen LogP contribution in [0, 0.1) is 19.7 Å². The molecule has 5 nitrogen and oxygen atoms in total. The maximum Gasteiger partial charge on any atom is 0.274 e. The van der Waals surface area contributed by atoms with Gasteiger partial charge in [-0.05, 0) is 55.8 Å². The van der Waals surface area contributed by atoms with Crippen molar-refractivity contribution in [2.45, 2.75) is 13.8 Å². The molecule has 1 aromatic heterocycles. The first kappa shape index (κ1) is 17.8. The highest BCUT2D eigenvalue weighted by molar-refractivity contribution is 6.30. The van der Waals surface area contributed by atoms with Crippen molar-refractivity contribution < 1.29 is 9.18 Å². The van der Waals surface area contributed by atoms with E-state index in [0.717, 1.165) is 11.3 Å². The van der Waals surface area contributed by atoms with Crippen LogP contribution in [-0.2, 0) is 0 Å². The quantitative estimate of drug-likeness (QED) is 0.686. The van der Waals surface area contributed by atoms with E-state index in [1.807, 2.05) is 13.0 Å². The molecule has 0 radical (unpaired) electrons. The molecule has 132 valence electrons. The van der Waals surface area contributed by atoms with E-state index in [-0.39, 0.29) is 11.5 Å². The number of hydrogen-bond donors (Lipinski definition) is 2. The minimum Gasteiger partial charge on any atom is -0.340 e. The summed E-state index contributed by atoms with van der Waals surface area (Å²) in [4.78, 5) is 20.9. The number of carbonyl (C=O) groups is 1. The van der Waals surface area contributed by atoms with Gasteiger partial charge in [0.25, 0.3) is 5.91 Å². The van der Waals surface area contributed by atoms with Gasteiger partial charge in [0.1, 0.15) is 23.2 Å². The number of aromatic nitrogens is 2. The van der Waals surface area contributed by atoms with Gasteiger partial charge in [0, 0.05) is 22.5 Å². The third kappa shape index (κ3) is 4.34. The molecular weight excluding hydrogens is 355 g/mol. The lowest BCUT2D eigenvalue weighted by atomic mass is 10.2. The Morgan fingerprint density at radius 3 is 2.50 bits per heavy atom. The number of hydrogen-bond acceptors (Lipinski definition) is 4. The van der Waals surface area contributed by atoms with Crippen molar-refractivity contribution >= 4 is 34.7 Å². The van der Waals surface area contributed by atoms with Crippen molar-refractivity contribution in [2.24, 2.45) is 0 Å². The third-order valence-corrected chi connectivity index (χ3v) is 3.87. The molecule has 0 aliphatic carbocycles. The second-order valence-electron chi connectivity index (χ2n) is 5.73. The normalized spacial score (nSPS) is 10.5. The summed E-state index contributed by atoms with van der Waals surface area (Å²) in [6.07, 6.45) is 0. The molecule has 2 N–H and O–H groups in total. The highest BCUT2D eigenvalue weighted by Crippen LogP contribution is 2.23. The first-order valence-corrected chi connectivity index (χ1v) is 8.24. The number of halogens is 2. The summed E-state index contributed by atoms with van der Waals surface area (Å²) >= 11 is 6.03. The molecule has 3 rings (SSSR count). The van der Waals surface area contributed by atoms with Gasteiger partial charge in [0.05, 0.1) is 0 Å². The van der Waals surface area contributed by atoms with Crippen LogP contribution < -0.4 is 10.6 Å². The molecule has 0 aliphatic rings. The van der Waals surface area contributed by atoms with Gasteiger partial charge in [-0.1, -0.05) is 17.7 Å². The largest absolute Gasteiger partial charge is 0.340 e. The number of aryl methyl sites for hydroxylation is 2. The van der Waals surface area contributed by atoms with E-state index in [2.05, 4.69) is 20.6 Å². The Bertz CT molecular complexity index is 960. The minimum absolute atomic E-state index is 0.198. The number of carbonyl (C=O) groups excluding carboxylic acids is 1. The van der Waals surface area contributed by atoms with Crippen molar-refractivity contribution in [1.29, 1.82) is 0 Å². The van der Waals surface area contributed by atoms with E-state index in [0.29, 0.717) is 22.4 Å². The molecular formula is C19H16ClFN4O. The zero-order valence-electron chi connectivity index (χ0n) is 14.2. The maximum absolute atomic E-state index is 13.0. The highest BCUT2D eigenvalue weighted by atomic mass is 35.5. The monoisotopic (exact) mass is 370 g/mol. The standard InChI is InChI=1S/C19H16ClFN4O/c1-11-3-4-13(20)9-16(11)25-18-10-17(22-12(2)23-18)19(26)24-15-7-5-14(21)6-8-15/h3-10H,1-2H3,(H,24,26)(H,22,23,25). The molecule has 0 spiro atoms. The van der Waals surface area contributed by atoms with E-state index in [1.54, 1.807) is 25.1 Å². The Kier molecular flexibility index (Phi) is 5.14. The van der Waals surface area contributed by atoms with E-state index >= 15 is 0 Å². The molecule has 0 bridgehead atoms. The van der Waals surface area contributed by atoms with Crippen LogP contribution in [0.1, 0.15) is 21.9 Å². The molecule has 7 heteroatoms. The van der Waals surface area contributed by atoms with Crippen molar-refractivity contribution in [3.05, 3.63) is 76.5 Å². The van der Waals surface area contributed by atoms with Crippen LogP contribution >= 0.6 is 11.6 Å². The summed E-state index contributed by atoms with van der Waals surface area (Å²) in [6, 6.07) is 12.5. The zero-order chi connectivity index (χ0) is 18.7. The lowest BCUT2D eigenvalue weighted by Crippen LogP contribution is -2.15. The predicted octanol–water partition coefficient (Wildman–Crippen LogP) is 4.88. The van der Waals surface area contributed by atoms with E-state index in [4.69, 9.17) is 11.6 Å². The average Bonchev–Trinajstić information content (AvgIpc) is 2.59. The van der Waals surface area contributed by atoms with Gasteiger partial charge in [-0.2, -0.15) is 0 Å². The van der Waals surface area contributed by atoms with Crippen molar-refractivity contribution in [3.63, 3.8) is 0 Å². The molecule has 0 saturated carbocycles. The van der Waals surface area contributed by atoms with Crippen LogP contribution in [0.4, 0.5) is 21.6 Å². The highest BCUT2D eigenvalue weighted by Gasteiger charge is 2.12. The fraction of sp³-hybridized carbons (Fsp3) is 0.105. The van der Waals surface area contributed by atoms with Crippen LogP contribution in [0.2, 0.25) is 5.02 Å². The molecule has 0 atom stereocenters. The summed E-state index contributed by atoms with van der Waals surface area (Å²) in [6.45, 7) is 3.64. The SMILES string of the molecule is Cc1nc(Nc2cc(Cl)ccc2C)cc(C(=O)Nc2ccc(F)cc2)n1. The molecule has 3 aromatic rings. The second kappa shape index (κ2) is 7.49. The summed E-state index contributed by atoms with van der Waals surface area (Å²) in [5, 5.41) is 6.43. The summed E-state index contributed by atoms with van der Waals surface area (Å²) in [5.41, 5.74) is 2.46. The van der Waals surface area contributed by atoms with Crippen LogP contribution in [0.5, 0.6) is 0 Å². The van der Waals surface area contributed by atoms with E-state index in [1.165, 1.54) is 24.3 Å².